The third-order valence-electron chi connectivity index (χ3n) is 4.21. The summed E-state index contributed by atoms with van der Waals surface area (Å²) in [5.74, 6) is 2.12. The maximum Gasteiger partial charge on any atom is 0.253 e. The van der Waals surface area contributed by atoms with Crippen LogP contribution in [0.5, 0.6) is 0 Å². The van der Waals surface area contributed by atoms with Crippen LogP contribution in [-0.2, 0) is 19.9 Å². The van der Waals surface area contributed by atoms with E-state index in [-0.39, 0.29) is 23.1 Å². The predicted molar refractivity (Wildman–Crippen MR) is 103 cm³/mol. The van der Waals surface area contributed by atoms with Crippen LogP contribution >= 0.6 is 0 Å². The maximum absolute atomic E-state index is 12.6. The lowest BCUT2D eigenvalue weighted by Gasteiger charge is -2.34. The van der Waals surface area contributed by atoms with Crippen molar-refractivity contribution in [3.05, 3.63) is 29.8 Å². The van der Waals surface area contributed by atoms with Gasteiger partial charge < -0.3 is 4.90 Å². The Morgan fingerprint density at radius 1 is 1.11 bits per heavy atom. The fourth-order valence-corrected chi connectivity index (χ4v) is 4.17. The van der Waals surface area contributed by atoms with Crippen molar-refractivity contribution in [3.63, 3.8) is 0 Å². The molecule has 10 heteroatoms. The normalized spacial score (nSPS) is 16.1. The van der Waals surface area contributed by atoms with Gasteiger partial charge in [0.15, 0.2) is 0 Å². The van der Waals surface area contributed by atoms with Crippen LogP contribution in [0, 0.1) is 12.3 Å². The molecule has 1 aromatic carbocycles. The molecule has 0 atom stereocenters. The van der Waals surface area contributed by atoms with Gasteiger partial charge >= 0.3 is 0 Å². The number of hydrogen-bond acceptors (Lipinski definition) is 6. The van der Waals surface area contributed by atoms with E-state index in [1.165, 1.54) is 30.5 Å². The number of rotatable bonds is 7. The minimum atomic E-state index is -3.69. The molecule has 1 heterocycles. The first kappa shape index (κ1) is 21.4. The van der Waals surface area contributed by atoms with Crippen molar-refractivity contribution in [2.45, 2.75) is 4.90 Å². The summed E-state index contributed by atoms with van der Waals surface area (Å²) in [5, 5.41) is 0. The lowest BCUT2D eigenvalue weighted by atomic mass is 10.2. The van der Waals surface area contributed by atoms with Crippen LogP contribution in [0.15, 0.2) is 29.2 Å². The molecular formula is C17H23N3O5S2. The lowest BCUT2D eigenvalue weighted by molar-refractivity contribution is 0.0644. The van der Waals surface area contributed by atoms with E-state index >= 15 is 0 Å². The Hall–Kier alpha value is -1.93. The van der Waals surface area contributed by atoms with Crippen molar-refractivity contribution < 1.29 is 21.6 Å². The molecule has 27 heavy (non-hydrogen) atoms. The van der Waals surface area contributed by atoms with Crippen LogP contribution in [0.3, 0.4) is 0 Å². The molecule has 0 aliphatic carbocycles. The van der Waals surface area contributed by atoms with E-state index in [0.717, 1.165) is 0 Å². The monoisotopic (exact) mass is 413 g/mol. The van der Waals surface area contributed by atoms with Crippen LogP contribution < -0.4 is 4.72 Å². The molecule has 1 fully saturated rings. The lowest BCUT2D eigenvalue weighted by Crippen LogP contribution is -2.49. The molecule has 0 spiro atoms. The minimum Gasteiger partial charge on any atom is -0.336 e. The molecule has 1 saturated heterocycles. The topological polar surface area (TPSA) is 104 Å². The van der Waals surface area contributed by atoms with Gasteiger partial charge in [-0.15, -0.1) is 6.42 Å². The largest absolute Gasteiger partial charge is 0.336 e. The molecule has 1 aliphatic heterocycles. The van der Waals surface area contributed by atoms with E-state index in [4.69, 9.17) is 6.42 Å². The molecule has 1 amide bonds. The number of sulfone groups is 1. The number of sulfonamides is 1. The average Bonchev–Trinajstić information content (AvgIpc) is 2.64. The maximum atomic E-state index is 12.6. The highest BCUT2D eigenvalue weighted by molar-refractivity contribution is 7.90. The molecule has 1 aromatic rings. The quantitative estimate of drug-likeness (QED) is 0.599. The van der Waals surface area contributed by atoms with Gasteiger partial charge in [-0.2, -0.15) is 4.72 Å². The number of nitrogens with one attached hydrogen (secondary N) is 1. The summed E-state index contributed by atoms with van der Waals surface area (Å²) in [5.41, 5.74) is 0.399. The van der Waals surface area contributed by atoms with Gasteiger partial charge in [0.25, 0.3) is 5.91 Å². The SMILES string of the molecule is C#CCNS(=O)(=O)c1ccc(C(=O)N2CCN(CCS(C)(=O)=O)CC2)cc1. The minimum absolute atomic E-state index is 0.0416. The number of terminal acetylenes is 1. The van der Waals surface area contributed by atoms with E-state index in [9.17, 15) is 21.6 Å². The number of carbonyl (C=O) groups excluding carboxylic acids is 1. The molecular weight excluding hydrogens is 390 g/mol. The van der Waals surface area contributed by atoms with Crippen LogP contribution in [-0.4, -0.2) is 83.8 Å². The van der Waals surface area contributed by atoms with E-state index in [2.05, 4.69) is 10.6 Å². The zero-order valence-corrected chi connectivity index (χ0v) is 16.7. The van der Waals surface area contributed by atoms with Gasteiger partial charge in [-0.25, -0.2) is 16.8 Å². The highest BCUT2D eigenvalue weighted by Gasteiger charge is 2.23. The summed E-state index contributed by atoms with van der Waals surface area (Å²) in [6, 6.07) is 5.69. The Labute approximate surface area is 160 Å². The molecule has 0 saturated carbocycles. The molecule has 1 N–H and O–H groups in total. The van der Waals surface area contributed by atoms with Gasteiger partial charge in [0, 0.05) is 44.5 Å². The van der Waals surface area contributed by atoms with Gasteiger partial charge in [-0.05, 0) is 24.3 Å². The van der Waals surface area contributed by atoms with Gasteiger partial charge in [-0.1, -0.05) is 5.92 Å². The summed E-state index contributed by atoms with van der Waals surface area (Å²) in [6.45, 7) is 2.54. The van der Waals surface area contributed by atoms with E-state index < -0.39 is 19.9 Å². The highest BCUT2D eigenvalue weighted by Crippen LogP contribution is 2.13. The smallest absolute Gasteiger partial charge is 0.253 e. The van der Waals surface area contributed by atoms with Crippen LogP contribution in [0.25, 0.3) is 0 Å². The number of benzene rings is 1. The second-order valence-electron chi connectivity index (χ2n) is 6.32. The Balaban J connectivity index is 1.94. The second-order valence-corrected chi connectivity index (χ2v) is 10.3. The summed E-state index contributed by atoms with van der Waals surface area (Å²) in [6.07, 6.45) is 6.26. The van der Waals surface area contributed by atoms with Gasteiger partial charge in [0.05, 0.1) is 17.2 Å². The van der Waals surface area contributed by atoms with Crippen molar-refractivity contribution in [1.82, 2.24) is 14.5 Å². The average molecular weight is 414 g/mol. The van der Waals surface area contributed by atoms with Gasteiger partial charge in [0.2, 0.25) is 10.0 Å². The Morgan fingerprint density at radius 3 is 2.22 bits per heavy atom. The number of hydrogen-bond donors (Lipinski definition) is 1. The number of piperazine rings is 1. The van der Waals surface area contributed by atoms with Crippen LogP contribution in [0.1, 0.15) is 10.4 Å². The molecule has 8 nitrogen and oxygen atoms in total. The third-order valence-corrected chi connectivity index (χ3v) is 6.55. The first-order valence-electron chi connectivity index (χ1n) is 8.35. The molecule has 1 aliphatic rings. The number of amides is 1. The Kier molecular flexibility index (Phi) is 7.00. The highest BCUT2D eigenvalue weighted by atomic mass is 32.2. The summed E-state index contributed by atoms with van der Waals surface area (Å²) in [7, 11) is -6.69. The van der Waals surface area contributed by atoms with Crippen molar-refractivity contribution in [2.24, 2.45) is 0 Å². The van der Waals surface area contributed by atoms with Crippen molar-refractivity contribution in [1.29, 1.82) is 0 Å². The summed E-state index contributed by atoms with van der Waals surface area (Å²) < 4.78 is 48.7. The van der Waals surface area contributed by atoms with E-state index in [1.54, 1.807) is 4.90 Å². The van der Waals surface area contributed by atoms with E-state index in [1.807, 2.05) is 4.90 Å². The standard InChI is InChI=1S/C17H23N3O5S2/c1-3-8-18-27(24,25)16-6-4-15(5-7-16)17(21)20-11-9-19(10-12-20)13-14-26(2,22)23/h1,4-7,18H,8-14H2,2H3. The zero-order valence-electron chi connectivity index (χ0n) is 15.1. The molecule has 0 bridgehead atoms. The van der Waals surface area contributed by atoms with Crippen molar-refractivity contribution in [2.75, 3.05) is 51.3 Å². The number of carbonyl (C=O) groups is 1. The summed E-state index contributed by atoms with van der Waals surface area (Å²) >= 11 is 0. The summed E-state index contributed by atoms with van der Waals surface area (Å²) in [4.78, 5) is 16.3. The Bertz CT molecular complexity index is 910. The third kappa shape index (κ3) is 6.32. The van der Waals surface area contributed by atoms with Crippen molar-refractivity contribution in [3.8, 4) is 12.3 Å². The molecule has 0 radical (unpaired) electrons. The molecule has 2 rings (SSSR count). The molecule has 148 valence electrons. The molecule has 0 unspecified atom stereocenters. The van der Waals surface area contributed by atoms with Crippen LogP contribution in [0.4, 0.5) is 0 Å². The van der Waals surface area contributed by atoms with Crippen LogP contribution in [0.2, 0.25) is 0 Å². The van der Waals surface area contributed by atoms with Gasteiger partial charge in [-0.3, -0.25) is 9.69 Å². The zero-order chi connectivity index (χ0) is 20.1. The van der Waals surface area contributed by atoms with Crippen molar-refractivity contribution >= 4 is 25.8 Å². The fraction of sp³-hybridized carbons (Fsp3) is 0.471. The number of nitrogens with zero attached hydrogens (tertiary/aromatic N) is 2. The predicted octanol–water partition coefficient (Wildman–Crippen LogP) is -0.599. The second kappa shape index (κ2) is 8.84. The van der Waals surface area contributed by atoms with E-state index in [0.29, 0.717) is 38.3 Å². The fourth-order valence-electron chi connectivity index (χ4n) is 2.65. The first-order chi connectivity index (χ1) is 12.6. The molecule has 0 aromatic heterocycles. The Morgan fingerprint density at radius 2 is 1.70 bits per heavy atom. The first-order valence-corrected chi connectivity index (χ1v) is 11.9. The van der Waals surface area contributed by atoms with Gasteiger partial charge in [0.1, 0.15) is 9.84 Å².